The van der Waals surface area contributed by atoms with Gasteiger partial charge in [0.2, 0.25) is 0 Å². The fourth-order valence-corrected chi connectivity index (χ4v) is 2.20. The van der Waals surface area contributed by atoms with E-state index in [-0.39, 0.29) is 10.6 Å². The molecule has 1 aliphatic heterocycles. The highest BCUT2D eigenvalue weighted by Crippen LogP contribution is 2.30. The maximum atomic E-state index is 11.0. The molecule has 17 heavy (non-hydrogen) atoms. The van der Waals surface area contributed by atoms with Crippen molar-refractivity contribution in [1.29, 1.82) is 0 Å². The molecular formula is C11H15ClN3O2+. The zero-order valence-corrected chi connectivity index (χ0v) is 10.4. The third-order valence-electron chi connectivity index (χ3n) is 3.09. The zero-order valence-electron chi connectivity index (χ0n) is 9.65. The van der Waals surface area contributed by atoms with Gasteiger partial charge in [-0.15, -0.1) is 0 Å². The molecule has 0 unspecified atom stereocenters. The molecule has 0 aliphatic carbocycles. The molecular weight excluding hydrogens is 242 g/mol. The van der Waals surface area contributed by atoms with E-state index in [9.17, 15) is 10.1 Å². The Morgan fingerprint density at radius 2 is 2.06 bits per heavy atom. The number of anilines is 1. The third-order valence-corrected chi connectivity index (χ3v) is 3.33. The van der Waals surface area contributed by atoms with Gasteiger partial charge >= 0.3 is 0 Å². The van der Waals surface area contributed by atoms with Crippen molar-refractivity contribution in [2.24, 2.45) is 0 Å². The summed E-state index contributed by atoms with van der Waals surface area (Å²) in [5.74, 6) is 0. The lowest BCUT2D eigenvalue weighted by molar-refractivity contribution is -0.880. The van der Waals surface area contributed by atoms with Gasteiger partial charge in [0.15, 0.2) is 0 Å². The van der Waals surface area contributed by atoms with Gasteiger partial charge in [0.1, 0.15) is 5.69 Å². The molecule has 0 saturated carbocycles. The predicted molar refractivity (Wildman–Crippen MR) is 66.9 cm³/mol. The maximum absolute atomic E-state index is 11.0. The second-order valence-electron chi connectivity index (χ2n) is 4.33. The fraction of sp³-hybridized carbons (Fsp3) is 0.455. The summed E-state index contributed by atoms with van der Waals surface area (Å²) in [5.41, 5.74) is 0.768. The first kappa shape index (κ1) is 12.1. The van der Waals surface area contributed by atoms with Crippen LogP contribution in [0.4, 0.5) is 11.4 Å². The van der Waals surface area contributed by atoms with Crippen molar-refractivity contribution < 1.29 is 9.82 Å². The quantitative estimate of drug-likeness (QED) is 0.622. The first-order valence-corrected chi connectivity index (χ1v) is 5.96. The molecule has 5 nitrogen and oxygen atoms in total. The van der Waals surface area contributed by atoms with E-state index in [1.807, 2.05) is 4.90 Å². The van der Waals surface area contributed by atoms with Crippen LogP contribution in [-0.2, 0) is 0 Å². The molecule has 1 fully saturated rings. The number of hydrogen-bond acceptors (Lipinski definition) is 3. The van der Waals surface area contributed by atoms with Gasteiger partial charge in [-0.05, 0) is 12.1 Å². The van der Waals surface area contributed by atoms with Gasteiger partial charge in [-0.3, -0.25) is 10.1 Å². The molecule has 92 valence electrons. The highest BCUT2D eigenvalue weighted by molar-refractivity contribution is 6.31. The molecule has 1 aromatic rings. The lowest BCUT2D eigenvalue weighted by atomic mass is 10.2. The van der Waals surface area contributed by atoms with Gasteiger partial charge < -0.3 is 9.80 Å². The summed E-state index contributed by atoms with van der Waals surface area (Å²) >= 11 is 5.91. The van der Waals surface area contributed by atoms with Crippen LogP contribution < -0.4 is 9.80 Å². The first-order chi connectivity index (χ1) is 8.08. The highest BCUT2D eigenvalue weighted by atomic mass is 35.5. The molecule has 0 radical (unpaired) electrons. The first-order valence-electron chi connectivity index (χ1n) is 5.58. The van der Waals surface area contributed by atoms with E-state index in [1.165, 1.54) is 11.0 Å². The Labute approximate surface area is 105 Å². The van der Waals surface area contributed by atoms with Gasteiger partial charge in [0.25, 0.3) is 5.69 Å². The number of halogens is 1. The van der Waals surface area contributed by atoms with Crippen LogP contribution in [0.5, 0.6) is 0 Å². The molecule has 6 heteroatoms. The topological polar surface area (TPSA) is 50.8 Å². The Kier molecular flexibility index (Phi) is 3.49. The molecule has 1 aromatic carbocycles. The number of quaternary nitrogens is 1. The van der Waals surface area contributed by atoms with Crippen molar-refractivity contribution in [3.8, 4) is 0 Å². The summed E-state index contributed by atoms with van der Waals surface area (Å²) in [6, 6.07) is 4.72. The van der Waals surface area contributed by atoms with Gasteiger partial charge in [-0.2, -0.15) is 0 Å². The second-order valence-corrected chi connectivity index (χ2v) is 4.77. The molecule has 0 amide bonds. The Bertz CT molecular complexity index is 431. The van der Waals surface area contributed by atoms with Gasteiger partial charge in [-0.25, -0.2) is 0 Å². The predicted octanol–water partition coefficient (Wildman–Crippen LogP) is 0.583. The van der Waals surface area contributed by atoms with E-state index in [1.54, 1.807) is 12.1 Å². The average Bonchev–Trinajstić information content (AvgIpc) is 2.29. The standard InChI is InChI=1S/C11H14ClN3O2/c1-13-4-6-14(7-5-13)11-8-9(12)2-3-10(11)15(16)17/h2-3,8H,4-7H2,1H3/p+1. The normalized spacial score (nSPS) is 17.2. The summed E-state index contributed by atoms with van der Waals surface area (Å²) in [5, 5.41) is 11.5. The van der Waals surface area contributed by atoms with Crippen molar-refractivity contribution in [2.45, 2.75) is 0 Å². The van der Waals surface area contributed by atoms with E-state index < -0.39 is 0 Å². The third kappa shape index (κ3) is 2.68. The van der Waals surface area contributed by atoms with Crippen LogP contribution >= 0.6 is 11.6 Å². The SMILES string of the molecule is C[NH+]1CCN(c2cc(Cl)ccc2[N+](=O)[O-])CC1. The molecule has 0 bridgehead atoms. The minimum atomic E-state index is -0.350. The molecule has 1 heterocycles. The van der Waals surface area contributed by atoms with Crippen LogP contribution in [0.25, 0.3) is 0 Å². The van der Waals surface area contributed by atoms with E-state index in [4.69, 9.17) is 11.6 Å². The molecule has 0 aromatic heterocycles. The van der Waals surface area contributed by atoms with Crippen molar-refractivity contribution >= 4 is 23.0 Å². The Morgan fingerprint density at radius 1 is 1.41 bits per heavy atom. The molecule has 0 spiro atoms. The summed E-state index contributed by atoms with van der Waals surface area (Å²) in [7, 11) is 2.13. The Balaban J connectivity index is 2.30. The molecule has 1 saturated heterocycles. The zero-order chi connectivity index (χ0) is 12.4. The highest BCUT2D eigenvalue weighted by Gasteiger charge is 2.24. The lowest BCUT2D eigenvalue weighted by Gasteiger charge is -2.31. The number of nitrogens with one attached hydrogen (secondary N) is 1. The summed E-state index contributed by atoms with van der Waals surface area (Å²) in [6.45, 7) is 3.63. The van der Waals surface area contributed by atoms with Crippen molar-refractivity contribution in [2.75, 3.05) is 38.1 Å². The monoisotopic (exact) mass is 256 g/mol. The molecule has 1 N–H and O–H groups in total. The fourth-order valence-electron chi connectivity index (χ4n) is 2.03. The van der Waals surface area contributed by atoms with Crippen LogP contribution in [0.15, 0.2) is 18.2 Å². The lowest BCUT2D eigenvalue weighted by Crippen LogP contribution is -3.12. The number of nitro benzene ring substituents is 1. The van der Waals surface area contributed by atoms with Crippen LogP contribution in [0.2, 0.25) is 5.02 Å². The van der Waals surface area contributed by atoms with Crippen LogP contribution in [-0.4, -0.2) is 38.2 Å². The second kappa shape index (κ2) is 4.89. The number of nitrogens with zero attached hydrogens (tertiary/aromatic N) is 2. The Hall–Kier alpha value is -1.33. The summed E-state index contributed by atoms with van der Waals surface area (Å²) < 4.78 is 0. The van der Waals surface area contributed by atoms with Crippen LogP contribution in [0.3, 0.4) is 0 Å². The number of piperazine rings is 1. The van der Waals surface area contributed by atoms with Gasteiger partial charge in [0.05, 0.1) is 38.2 Å². The van der Waals surface area contributed by atoms with E-state index in [2.05, 4.69) is 7.05 Å². The number of rotatable bonds is 2. The number of hydrogen-bond donors (Lipinski definition) is 1. The minimum absolute atomic E-state index is 0.133. The number of likely N-dealkylation sites (N-methyl/N-ethyl adjacent to an activating group) is 1. The van der Waals surface area contributed by atoms with Crippen LogP contribution in [0.1, 0.15) is 0 Å². The maximum Gasteiger partial charge on any atom is 0.292 e. The molecule has 2 rings (SSSR count). The minimum Gasteiger partial charge on any atom is -0.355 e. The van der Waals surface area contributed by atoms with E-state index in [0.29, 0.717) is 10.7 Å². The summed E-state index contributed by atoms with van der Waals surface area (Å²) in [4.78, 5) is 14.1. The molecule has 0 atom stereocenters. The number of benzene rings is 1. The van der Waals surface area contributed by atoms with E-state index >= 15 is 0 Å². The van der Waals surface area contributed by atoms with Gasteiger partial charge in [0, 0.05) is 11.1 Å². The van der Waals surface area contributed by atoms with Crippen molar-refractivity contribution in [3.05, 3.63) is 33.3 Å². The van der Waals surface area contributed by atoms with Crippen molar-refractivity contribution in [3.63, 3.8) is 0 Å². The average molecular weight is 257 g/mol. The van der Waals surface area contributed by atoms with Gasteiger partial charge in [-0.1, -0.05) is 11.6 Å². The van der Waals surface area contributed by atoms with E-state index in [0.717, 1.165) is 26.2 Å². The summed E-state index contributed by atoms with van der Waals surface area (Å²) in [6.07, 6.45) is 0. The number of nitro groups is 1. The van der Waals surface area contributed by atoms with Crippen molar-refractivity contribution in [1.82, 2.24) is 0 Å². The van der Waals surface area contributed by atoms with Crippen LogP contribution in [0, 0.1) is 10.1 Å². The smallest absolute Gasteiger partial charge is 0.292 e. The Morgan fingerprint density at radius 3 is 2.65 bits per heavy atom. The molecule has 1 aliphatic rings. The largest absolute Gasteiger partial charge is 0.355 e.